The molecule has 0 spiro atoms. The van der Waals surface area contributed by atoms with Gasteiger partial charge in [0.05, 0.1) is 25.4 Å². The van der Waals surface area contributed by atoms with Crippen LogP contribution in [0.3, 0.4) is 0 Å². The number of hydrogen-bond acceptors (Lipinski definition) is 5. The van der Waals surface area contributed by atoms with Gasteiger partial charge in [-0.25, -0.2) is 0 Å². The minimum absolute atomic E-state index is 0.0283. The van der Waals surface area contributed by atoms with Gasteiger partial charge in [-0.3, -0.25) is 9.59 Å². The molecule has 2 unspecified atom stereocenters. The molecule has 0 radical (unpaired) electrons. The number of hydrogen-bond donors (Lipinski definition) is 3. The highest BCUT2D eigenvalue weighted by molar-refractivity contribution is 5.76. The molecule has 0 saturated carbocycles. The van der Waals surface area contributed by atoms with Gasteiger partial charge in [0.15, 0.2) is 0 Å². The number of nitrogens with one attached hydrogen (secondary N) is 1. The monoisotopic (exact) mass is 844 g/mol. The predicted octanol–water partition coefficient (Wildman–Crippen LogP) is 15.7. The Morgan fingerprint density at radius 1 is 0.450 bits per heavy atom. The van der Waals surface area contributed by atoms with Crippen molar-refractivity contribution in [2.24, 2.45) is 0 Å². The van der Waals surface area contributed by atoms with Crippen LogP contribution in [0, 0.1) is 0 Å². The van der Waals surface area contributed by atoms with E-state index < -0.39 is 12.1 Å². The Labute approximate surface area is 373 Å². The maximum atomic E-state index is 12.4. The van der Waals surface area contributed by atoms with Crippen LogP contribution in [0.4, 0.5) is 0 Å². The van der Waals surface area contributed by atoms with Crippen LogP contribution in [0.5, 0.6) is 0 Å². The molecule has 0 aromatic heterocycles. The molecule has 0 bridgehead atoms. The molecule has 0 saturated heterocycles. The van der Waals surface area contributed by atoms with Crippen LogP contribution in [-0.4, -0.2) is 47.4 Å². The minimum Gasteiger partial charge on any atom is -0.466 e. The number of carbonyl (C=O) groups excluding carboxylic acids is 2. The molecule has 0 aromatic carbocycles. The summed E-state index contributed by atoms with van der Waals surface area (Å²) in [5.41, 5.74) is 0. The maximum Gasteiger partial charge on any atom is 0.305 e. The summed E-state index contributed by atoms with van der Waals surface area (Å²) >= 11 is 0. The number of carbonyl (C=O) groups is 2. The molecule has 0 fully saturated rings. The van der Waals surface area contributed by atoms with Gasteiger partial charge in [-0.2, -0.15) is 0 Å². The van der Waals surface area contributed by atoms with Gasteiger partial charge in [-0.05, 0) is 89.9 Å². The summed E-state index contributed by atoms with van der Waals surface area (Å²) in [7, 11) is 0. The summed E-state index contributed by atoms with van der Waals surface area (Å²) in [5.74, 6) is -0.123. The lowest BCUT2D eigenvalue weighted by atomic mass is 10.0. The average molecular weight is 844 g/mol. The zero-order chi connectivity index (χ0) is 43.7. The third-order valence-electron chi connectivity index (χ3n) is 11.9. The number of rotatable bonds is 48. The maximum absolute atomic E-state index is 12.4. The Morgan fingerprint density at radius 3 is 1.18 bits per heavy atom. The highest BCUT2D eigenvalue weighted by atomic mass is 16.5. The molecule has 0 aliphatic heterocycles. The van der Waals surface area contributed by atoms with Crippen molar-refractivity contribution in [1.82, 2.24) is 5.32 Å². The first-order valence-electron chi connectivity index (χ1n) is 26.3. The van der Waals surface area contributed by atoms with Gasteiger partial charge < -0.3 is 20.3 Å². The number of aliphatic hydroxyl groups is 2. The summed E-state index contributed by atoms with van der Waals surface area (Å²) in [4.78, 5) is 24.5. The lowest BCUT2D eigenvalue weighted by Crippen LogP contribution is -2.45. The third kappa shape index (κ3) is 45.6. The van der Waals surface area contributed by atoms with Gasteiger partial charge in [0, 0.05) is 12.8 Å². The Kier molecular flexibility index (Phi) is 48.1. The molecule has 352 valence electrons. The van der Waals surface area contributed by atoms with Gasteiger partial charge in [-0.1, -0.05) is 204 Å². The fraction of sp³-hybridized carbons (Fsp3) is 0.852. The summed E-state index contributed by atoms with van der Waals surface area (Å²) in [6, 6.07) is -0.646. The first-order valence-corrected chi connectivity index (χ1v) is 26.3. The SMILES string of the molecule is CCCCCCCC/C=C\CCCCCCCCCC(=O)OCCCCC/C=C\CCCCCCCC(=O)NC(CO)C(O)/C=C/CCCCCCCCCCCCCC. The van der Waals surface area contributed by atoms with Crippen molar-refractivity contribution < 1.29 is 24.5 Å². The number of ether oxygens (including phenoxy) is 1. The normalized spacial score (nSPS) is 12.9. The molecule has 2 atom stereocenters. The van der Waals surface area contributed by atoms with E-state index in [9.17, 15) is 19.8 Å². The molecular weight excluding hydrogens is 743 g/mol. The van der Waals surface area contributed by atoms with Crippen molar-refractivity contribution in [1.29, 1.82) is 0 Å². The van der Waals surface area contributed by atoms with E-state index in [0.29, 0.717) is 19.4 Å². The zero-order valence-electron chi connectivity index (χ0n) is 39.9. The van der Waals surface area contributed by atoms with Crippen molar-refractivity contribution in [3.05, 3.63) is 36.5 Å². The summed E-state index contributed by atoms with van der Waals surface area (Å²) in [6.07, 6.45) is 60.0. The fourth-order valence-corrected chi connectivity index (χ4v) is 7.80. The lowest BCUT2D eigenvalue weighted by molar-refractivity contribution is -0.143. The second-order valence-corrected chi connectivity index (χ2v) is 17.8. The van der Waals surface area contributed by atoms with Crippen LogP contribution in [0.2, 0.25) is 0 Å². The molecule has 0 aromatic rings. The van der Waals surface area contributed by atoms with E-state index in [0.717, 1.165) is 83.5 Å². The first kappa shape index (κ1) is 58.1. The summed E-state index contributed by atoms with van der Waals surface area (Å²) in [6.45, 7) is 4.83. The van der Waals surface area contributed by atoms with Gasteiger partial charge in [0.1, 0.15) is 0 Å². The molecule has 1 amide bonds. The van der Waals surface area contributed by atoms with Gasteiger partial charge in [-0.15, -0.1) is 0 Å². The van der Waals surface area contributed by atoms with E-state index in [1.807, 2.05) is 6.08 Å². The molecule has 0 heterocycles. The zero-order valence-corrected chi connectivity index (χ0v) is 39.9. The molecule has 0 aliphatic rings. The van der Waals surface area contributed by atoms with Crippen LogP contribution in [0.15, 0.2) is 36.5 Å². The average Bonchev–Trinajstić information content (AvgIpc) is 3.25. The van der Waals surface area contributed by atoms with E-state index in [4.69, 9.17) is 4.74 Å². The molecule has 6 heteroatoms. The smallest absolute Gasteiger partial charge is 0.305 e. The molecule has 6 nitrogen and oxygen atoms in total. The quantitative estimate of drug-likeness (QED) is 0.0322. The van der Waals surface area contributed by atoms with Crippen molar-refractivity contribution in [2.75, 3.05) is 13.2 Å². The minimum atomic E-state index is -0.860. The third-order valence-corrected chi connectivity index (χ3v) is 11.9. The molecule has 3 N–H and O–H groups in total. The van der Waals surface area contributed by atoms with Crippen LogP contribution in [0.25, 0.3) is 0 Å². The molecule has 60 heavy (non-hydrogen) atoms. The van der Waals surface area contributed by atoms with E-state index in [-0.39, 0.29) is 18.5 Å². The molecule has 0 aliphatic carbocycles. The number of aliphatic hydroxyl groups excluding tert-OH is 2. The van der Waals surface area contributed by atoms with Crippen molar-refractivity contribution in [3.63, 3.8) is 0 Å². The fourth-order valence-electron chi connectivity index (χ4n) is 7.80. The van der Waals surface area contributed by atoms with Crippen molar-refractivity contribution in [3.8, 4) is 0 Å². The second-order valence-electron chi connectivity index (χ2n) is 17.8. The van der Waals surface area contributed by atoms with Crippen LogP contribution in [0.1, 0.15) is 271 Å². The number of unbranched alkanes of at least 4 members (excludes halogenated alkanes) is 33. The standard InChI is InChI=1S/C54H101NO5/c1-3-5-7-9-11-13-15-17-19-20-21-23-28-32-36-40-44-48-54(59)60-49-45-41-37-33-29-25-24-27-31-35-39-43-47-53(58)55-51(50-56)52(57)46-42-38-34-30-26-22-18-16-14-12-10-8-6-4-2/h17,19,25,29,42,46,51-52,56-57H,3-16,18,20-24,26-28,30-41,43-45,47-50H2,1-2H3,(H,55,58)/b19-17-,29-25-,46-42+. The van der Waals surface area contributed by atoms with Gasteiger partial charge in [0.2, 0.25) is 5.91 Å². The molecular formula is C54H101NO5. The largest absolute Gasteiger partial charge is 0.466 e. The van der Waals surface area contributed by atoms with Crippen LogP contribution >= 0.6 is 0 Å². The van der Waals surface area contributed by atoms with E-state index in [1.54, 1.807) is 6.08 Å². The van der Waals surface area contributed by atoms with E-state index in [1.165, 1.54) is 161 Å². The Morgan fingerprint density at radius 2 is 0.783 bits per heavy atom. The van der Waals surface area contributed by atoms with Gasteiger partial charge >= 0.3 is 5.97 Å². The summed E-state index contributed by atoms with van der Waals surface area (Å²) < 4.78 is 5.45. The Hall–Kier alpha value is -1.92. The predicted molar refractivity (Wildman–Crippen MR) is 259 cm³/mol. The molecule has 0 rings (SSSR count). The number of allylic oxidation sites excluding steroid dienone is 5. The van der Waals surface area contributed by atoms with Gasteiger partial charge in [0.25, 0.3) is 0 Å². The van der Waals surface area contributed by atoms with Crippen molar-refractivity contribution in [2.45, 2.75) is 283 Å². The number of amides is 1. The Balaban J connectivity index is 3.53. The summed E-state index contributed by atoms with van der Waals surface area (Å²) in [5, 5.41) is 23.0. The second kappa shape index (κ2) is 49.7. The van der Waals surface area contributed by atoms with E-state index in [2.05, 4.69) is 43.5 Å². The topological polar surface area (TPSA) is 95.9 Å². The highest BCUT2D eigenvalue weighted by Gasteiger charge is 2.18. The van der Waals surface area contributed by atoms with E-state index >= 15 is 0 Å². The van der Waals surface area contributed by atoms with Crippen LogP contribution < -0.4 is 5.32 Å². The Bertz CT molecular complexity index is 977. The first-order chi connectivity index (χ1) is 29.5. The van der Waals surface area contributed by atoms with Crippen LogP contribution in [-0.2, 0) is 14.3 Å². The number of esters is 1. The highest BCUT2D eigenvalue weighted by Crippen LogP contribution is 2.15. The van der Waals surface area contributed by atoms with Crippen molar-refractivity contribution >= 4 is 11.9 Å². The lowest BCUT2D eigenvalue weighted by Gasteiger charge is -2.20.